The van der Waals surface area contributed by atoms with Gasteiger partial charge in [0.25, 0.3) is 5.91 Å². The lowest BCUT2D eigenvalue weighted by Crippen LogP contribution is -2.49. The van der Waals surface area contributed by atoms with E-state index in [-0.39, 0.29) is 16.7 Å². The van der Waals surface area contributed by atoms with Gasteiger partial charge in [-0.3, -0.25) is 9.69 Å². The highest BCUT2D eigenvalue weighted by Crippen LogP contribution is 2.35. The van der Waals surface area contributed by atoms with Crippen LogP contribution in [-0.4, -0.2) is 30.0 Å². The number of thiocarbonyl (C=S) groups is 1. The summed E-state index contributed by atoms with van der Waals surface area (Å²) in [5, 5.41) is 3.42. The minimum atomic E-state index is -0.546. The first-order valence-electron chi connectivity index (χ1n) is 8.44. The molecule has 0 saturated heterocycles. The van der Waals surface area contributed by atoms with Gasteiger partial charge in [0.15, 0.2) is 5.11 Å². The molecule has 0 aromatic heterocycles. The fourth-order valence-electron chi connectivity index (χ4n) is 3.10. The summed E-state index contributed by atoms with van der Waals surface area (Å²) < 4.78 is 26.9. The van der Waals surface area contributed by atoms with Crippen molar-refractivity contribution in [1.82, 2.24) is 10.2 Å². The van der Waals surface area contributed by atoms with E-state index < -0.39 is 11.9 Å². The number of anilines is 1. The maximum atomic E-state index is 13.6. The number of hydrogen-bond donors (Lipinski definition) is 1. The molecule has 1 N–H and O–H groups in total. The van der Waals surface area contributed by atoms with E-state index in [1.165, 1.54) is 35.2 Å². The van der Waals surface area contributed by atoms with Crippen molar-refractivity contribution in [2.75, 3.05) is 19.0 Å². The molecule has 0 saturated carbocycles. The number of rotatable bonds is 3. The first-order chi connectivity index (χ1) is 13.2. The number of carbonyl (C=O) groups excluding carboxylic acids is 1. The second-order valence-corrected chi connectivity index (χ2v) is 7.36. The fourth-order valence-corrected chi connectivity index (χ4v) is 3.64. The summed E-state index contributed by atoms with van der Waals surface area (Å²) >= 11 is 11.4. The number of nitrogens with zero attached hydrogens (tertiary/aromatic N) is 2. The molecule has 0 spiro atoms. The molecule has 4 nitrogen and oxygen atoms in total. The molecule has 2 aromatic rings. The van der Waals surface area contributed by atoms with Crippen LogP contribution in [0.4, 0.5) is 14.5 Å². The normalized spacial score (nSPS) is 16.9. The molecule has 1 unspecified atom stereocenters. The Morgan fingerprint density at radius 2 is 1.82 bits per heavy atom. The Kier molecular flexibility index (Phi) is 5.67. The molecule has 1 atom stereocenters. The van der Waals surface area contributed by atoms with E-state index >= 15 is 0 Å². The maximum Gasteiger partial charge on any atom is 0.253 e. The maximum absolute atomic E-state index is 13.6. The molecule has 1 amide bonds. The van der Waals surface area contributed by atoms with E-state index in [0.29, 0.717) is 27.6 Å². The van der Waals surface area contributed by atoms with E-state index in [1.54, 1.807) is 38.1 Å². The van der Waals surface area contributed by atoms with Gasteiger partial charge < -0.3 is 10.2 Å². The van der Waals surface area contributed by atoms with Crippen LogP contribution in [0.3, 0.4) is 0 Å². The summed E-state index contributed by atoms with van der Waals surface area (Å²) in [5.74, 6) is -1.14. The molecular formula is C20H18ClF2N3OS. The van der Waals surface area contributed by atoms with Crippen LogP contribution < -0.4 is 10.2 Å². The average Bonchev–Trinajstić information content (AvgIpc) is 2.64. The molecular weight excluding hydrogens is 404 g/mol. The van der Waals surface area contributed by atoms with E-state index in [9.17, 15) is 13.6 Å². The summed E-state index contributed by atoms with van der Waals surface area (Å²) in [6.45, 7) is 1.76. The molecule has 146 valence electrons. The zero-order chi connectivity index (χ0) is 20.6. The molecule has 28 heavy (non-hydrogen) atoms. The third kappa shape index (κ3) is 3.72. The standard InChI is InChI=1S/C20H18ClF2N3OS/c1-11-17(19(27)25(2)3)18(12-4-6-13(22)7-5-12)24-20(28)26(11)14-8-9-16(23)15(21)10-14/h4-10,18H,1-3H3,(H,24,28). The van der Waals surface area contributed by atoms with Crippen molar-refractivity contribution in [1.29, 1.82) is 0 Å². The third-order valence-corrected chi connectivity index (χ3v) is 5.08. The third-order valence-electron chi connectivity index (χ3n) is 4.49. The topological polar surface area (TPSA) is 35.6 Å². The van der Waals surface area contributed by atoms with Gasteiger partial charge in [-0.05, 0) is 55.0 Å². The van der Waals surface area contributed by atoms with Crippen molar-refractivity contribution in [2.45, 2.75) is 13.0 Å². The summed E-state index contributed by atoms with van der Waals surface area (Å²) in [7, 11) is 3.30. The van der Waals surface area contributed by atoms with E-state index in [4.69, 9.17) is 23.8 Å². The number of nitrogens with one attached hydrogen (secondary N) is 1. The predicted molar refractivity (Wildman–Crippen MR) is 110 cm³/mol. The number of carbonyl (C=O) groups is 1. The highest BCUT2D eigenvalue weighted by molar-refractivity contribution is 7.80. The number of amides is 1. The minimum Gasteiger partial charge on any atom is -0.351 e. The number of allylic oxidation sites excluding steroid dienone is 1. The molecule has 0 bridgehead atoms. The summed E-state index contributed by atoms with van der Waals surface area (Å²) in [6, 6.07) is 9.56. The molecule has 0 radical (unpaired) electrons. The van der Waals surface area contributed by atoms with Crippen molar-refractivity contribution < 1.29 is 13.6 Å². The van der Waals surface area contributed by atoms with Crippen molar-refractivity contribution in [3.05, 3.63) is 76.0 Å². The van der Waals surface area contributed by atoms with Crippen LogP contribution in [0.1, 0.15) is 18.5 Å². The zero-order valence-corrected chi connectivity index (χ0v) is 17.0. The first kappa shape index (κ1) is 20.2. The first-order valence-corrected chi connectivity index (χ1v) is 9.23. The largest absolute Gasteiger partial charge is 0.351 e. The Morgan fingerprint density at radius 3 is 2.39 bits per heavy atom. The predicted octanol–water partition coefficient (Wildman–Crippen LogP) is 4.42. The lowest BCUT2D eigenvalue weighted by Gasteiger charge is -2.38. The Morgan fingerprint density at radius 1 is 1.18 bits per heavy atom. The lowest BCUT2D eigenvalue weighted by atomic mass is 9.93. The van der Waals surface area contributed by atoms with Gasteiger partial charge in [-0.25, -0.2) is 8.78 Å². The van der Waals surface area contributed by atoms with Gasteiger partial charge in [0, 0.05) is 25.5 Å². The monoisotopic (exact) mass is 421 g/mol. The smallest absolute Gasteiger partial charge is 0.253 e. The molecule has 8 heteroatoms. The second-order valence-electron chi connectivity index (χ2n) is 6.57. The minimum absolute atomic E-state index is 0.0470. The highest BCUT2D eigenvalue weighted by atomic mass is 35.5. The summed E-state index contributed by atoms with van der Waals surface area (Å²) in [5.41, 5.74) is 2.26. The van der Waals surface area contributed by atoms with Crippen LogP contribution in [0.2, 0.25) is 5.02 Å². The van der Waals surface area contributed by atoms with Gasteiger partial charge in [0.2, 0.25) is 0 Å². The van der Waals surface area contributed by atoms with Gasteiger partial charge >= 0.3 is 0 Å². The van der Waals surface area contributed by atoms with Crippen LogP contribution in [0.15, 0.2) is 53.7 Å². The van der Waals surface area contributed by atoms with Gasteiger partial charge in [0.1, 0.15) is 11.6 Å². The number of hydrogen-bond acceptors (Lipinski definition) is 2. The van der Waals surface area contributed by atoms with Crippen LogP contribution in [0, 0.1) is 11.6 Å². The zero-order valence-electron chi connectivity index (χ0n) is 15.5. The van der Waals surface area contributed by atoms with Crippen molar-refractivity contribution in [3.63, 3.8) is 0 Å². The lowest BCUT2D eigenvalue weighted by molar-refractivity contribution is -0.125. The number of likely N-dealkylation sites (N-methyl/N-ethyl adjacent to an activating group) is 1. The Bertz CT molecular complexity index is 976. The van der Waals surface area contributed by atoms with Gasteiger partial charge in [-0.1, -0.05) is 23.7 Å². The molecule has 1 aliphatic rings. The van der Waals surface area contributed by atoms with Crippen LogP contribution in [-0.2, 0) is 4.79 Å². The van der Waals surface area contributed by atoms with Crippen molar-refractivity contribution in [2.24, 2.45) is 0 Å². The number of benzene rings is 2. The van der Waals surface area contributed by atoms with Crippen molar-refractivity contribution >= 4 is 40.5 Å². The van der Waals surface area contributed by atoms with Crippen molar-refractivity contribution in [3.8, 4) is 0 Å². The molecule has 0 aliphatic carbocycles. The quantitative estimate of drug-likeness (QED) is 0.744. The van der Waals surface area contributed by atoms with Gasteiger partial charge in [-0.15, -0.1) is 0 Å². The molecule has 1 aliphatic heterocycles. The fraction of sp³-hybridized carbons (Fsp3) is 0.200. The SMILES string of the molecule is CC1=C(C(=O)N(C)C)C(c2ccc(F)cc2)NC(=S)N1c1ccc(F)c(Cl)c1. The number of halogens is 3. The molecule has 0 fully saturated rings. The van der Waals surface area contributed by atoms with Gasteiger partial charge in [0.05, 0.1) is 16.6 Å². The summed E-state index contributed by atoms with van der Waals surface area (Å²) in [6.07, 6.45) is 0. The van der Waals surface area contributed by atoms with E-state index in [1.807, 2.05) is 0 Å². The molecule has 2 aromatic carbocycles. The molecule has 1 heterocycles. The molecule has 3 rings (SSSR count). The summed E-state index contributed by atoms with van der Waals surface area (Å²) in [4.78, 5) is 16.1. The van der Waals surface area contributed by atoms with Gasteiger partial charge in [-0.2, -0.15) is 0 Å². The average molecular weight is 422 g/mol. The highest BCUT2D eigenvalue weighted by Gasteiger charge is 2.35. The van der Waals surface area contributed by atoms with Crippen LogP contribution in [0.5, 0.6) is 0 Å². The Balaban J connectivity index is 2.16. The Labute approximate surface area is 172 Å². The Hall–Kier alpha value is -2.51. The second kappa shape index (κ2) is 7.85. The van der Waals surface area contributed by atoms with E-state index in [2.05, 4.69) is 5.32 Å². The van der Waals surface area contributed by atoms with Crippen LogP contribution in [0.25, 0.3) is 0 Å². The van der Waals surface area contributed by atoms with E-state index in [0.717, 1.165) is 0 Å². The van der Waals surface area contributed by atoms with Crippen LogP contribution >= 0.6 is 23.8 Å².